The van der Waals surface area contributed by atoms with Crippen molar-refractivity contribution >= 4 is 11.9 Å². The van der Waals surface area contributed by atoms with Crippen molar-refractivity contribution in [1.29, 1.82) is 0 Å². The molecule has 0 saturated carbocycles. The van der Waals surface area contributed by atoms with Crippen molar-refractivity contribution < 1.29 is 19.8 Å². The second kappa shape index (κ2) is 10.4. The Bertz CT molecular complexity index is 939. The summed E-state index contributed by atoms with van der Waals surface area (Å²) >= 11 is 0. The Morgan fingerprint density at radius 2 is 1.27 bits per heavy atom. The summed E-state index contributed by atoms with van der Waals surface area (Å²) in [7, 11) is 0. The molecule has 0 spiro atoms. The minimum Gasteiger partial charge on any atom is -0.478 e. The van der Waals surface area contributed by atoms with E-state index in [0.717, 1.165) is 25.7 Å². The summed E-state index contributed by atoms with van der Waals surface area (Å²) in [6, 6.07) is 25.4. The van der Waals surface area contributed by atoms with Crippen molar-refractivity contribution in [2.75, 3.05) is 0 Å². The molecular formula is C26H26O4. The van der Waals surface area contributed by atoms with Crippen LogP contribution in [0.2, 0.25) is 0 Å². The molecule has 3 aromatic rings. The highest BCUT2D eigenvalue weighted by Crippen LogP contribution is 2.23. The number of hydrogen-bond donors (Lipinski definition) is 2. The summed E-state index contributed by atoms with van der Waals surface area (Å²) in [5.41, 5.74) is 2.92. The zero-order chi connectivity index (χ0) is 21.3. The molecule has 0 atom stereocenters. The fraction of sp³-hybridized carbons (Fsp3) is 0.231. The van der Waals surface area contributed by atoms with E-state index in [9.17, 15) is 19.8 Å². The van der Waals surface area contributed by atoms with Crippen LogP contribution in [0.1, 0.15) is 50.2 Å². The molecule has 0 amide bonds. The lowest BCUT2D eigenvalue weighted by Gasteiger charge is -2.18. The third-order valence-corrected chi connectivity index (χ3v) is 5.39. The van der Waals surface area contributed by atoms with Crippen LogP contribution in [0.5, 0.6) is 0 Å². The van der Waals surface area contributed by atoms with Crippen LogP contribution in [0, 0.1) is 5.92 Å². The molecule has 0 aliphatic heterocycles. The summed E-state index contributed by atoms with van der Waals surface area (Å²) in [6.45, 7) is 0. The highest BCUT2D eigenvalue weighted by Gasteiger charge is 2.20. The van der Waals surface area contributed by atoms with Gasteiger partial charge in [-0.1, -0.05) is 72.8 Å². The van der Waals surface area contributed by atoms with Gasteiger partial charge >= 0.3 is 11.9 Å². The zero-order valence-corrected chi connectivity index (χ0v) is 16.8. The number of carboxylic acids is 2. The molecule has 0 radical (unpaired) electrons. The second-order valence-electron chi connectivity index (χ2n) is 7.59. The first-order chi connectivity index (χ1) is 14.5. The lowest BCUT2D eigenvalue weighted by molar-refractivity contribution is 0.0650. The fourth-order valence-corrected chi connectivity index (χ4v) is 3.99. The molecule has 4 heteroatoms. The maximum atomic E-state index is 11.7. The lowest BCUT2D eigenvalue weighted by atomic mass is 9.87. The minimum atomic E-state index is -1.21. The van der Waals surface area contributed by atoms with Crippen LogP contribution in [0.4, 0.5) is 0 Å². The molecule has 2 N–H and O–H groups in total. The highest BCUT2D eigenvalue weighted by atomic mass is 16.4. The van der Waals surface area contributed by atoms with E-state index in [4.69, 9.17) is 0 Å². The van der Waals surface area contributed by atoms with E-state index in [1.165, 1.54) is 17.2 Å². The summed E-state index contributed by atoms with van der Waals surface area (Å²) in [4.78, 5) is 23.1. The summed E-state index contributed by atoms with van der Waals surface area (Å²) in [5.74, 6) is -1.97. The van der Waals surface area contributed by atoms with E-state index >= 15 is 0 Å². The molecule has 0 unspecified atom stereocenters. The predicted molar refractivity (Wildman–Crippen MR) is 117 cm³/mol. The Hall–Kier alpha value is -3.40. The maximum absolute atomic E-state index is 11.7. The normalized spacial score (nSPS) is 10.8. The van der Waals surface area contributed by atoms with Gasteiger partial charge in [0.25, 0.3) is 0 Å². The van der Waals surface area contributed by atoms with Gasteiger partial charge in [0.05, 0.1) is 11.1 Å². The minimum absolute atomic E-state index is 0.0901. The number of carboxylic acid groups (broad SMARTS) is 2. The Morgan fingerprint density at radius 3 is 1.77 bits per heavy atom. The van der Waals surface area contributed by atoms with E-state index in [-0.39, 0.29) is 11.1 Å². The van der Waals surface area contributed by atoms with E-state index in [2.05, 4.69) is 24.3 Å². The van der Waals surface area contributed by atoms with Gasteiger partial charge < -0.3 is 10.2 Å². The Morgan fingerprint density at radius 1 is 0.700 bits per heavy atom. The van der Waals surface area contributed by atoms with Gasteiger partial charge in [-0.2, -0.15) is 0 Å². The van der Waals surface area contributed by atoms with Crippen molar-refractivity contribution in [3.63, 3.8) is 0 Å². The average molecular weight is 402 g/mol. The highest BCUT2D eigenvalue weighted by molar-refractivity contribution is 6.02. The van der Waals surface area contributed by atoms with Crippen LogP contribution in [0.25, 0.3) is 0 Å². The van der Waals surface area contributed by atoms with Crippen LogP contribution < -0.4 is 0 Å². The summed E-state index contributed by atoms with van der Waals surface area (Å²) in [5, 5.41) is 18.8. The summed E-state index contributed by atoms with van der Waals surface area (Å²) < 4.78 is 0. The number of carbonyl (C=O) groups is 2. The van der Waals surface area contributed by atoms with E-state index in [1.54, 1.807) is 12.1 Å². The molecule has 3 aromatic carbocycles. The molecule has 4 nitrogen and oxygen atoms in total. The van der Waals surface area contributed by atoms with Gasteiger partial charge in [-0.25, -0.2) is 9.59 Å². The first-order valence-corrected chi connectivity index (χ1v) is 10.2. The van der Waals surface area contributed by atoms with E-state index < -0.39 is 11.9 Å². The second-order valence-corrected chi connectivity index (χ2v) is 7.59. The fourth-order valence-electron chi connectivity index (χ4n) is 3.99. The number of aromatic carboxylic acids is 2. The van der Waals surface area contributed by atoms with Gasteiger partial charge in [-0.3, -0.25) is 0 Å². The molecule has 0 aliphatic rings. The average Bonchev–Trinajstić information content (AvgIpc) is 2.74. The number of aryl methyl sites for hydroxylation is 1. The molecular weight excluding hydrogens is 376 g/mol. The van der Waals surface area contributed by atoms with Gasteiger partial charge in [-0.15, -0.1) is 0 Å². The Balaban J connectivity index is 1.72. The van der Waals surface area contributed by atoms with E-state index in [1.807, 2.05) is 36.4 Å². The van der Waals surface area contributed by atoms with Gasteiger partial charge in [0, 0.05) is 0 Å². The van der Waals surface area contributed by atoms with Crippen molar-refractivity contribution in [3.05, 3.63) is 107 Å². The molecule has 0 aromatic heterocycles. The quantitative estimate of drug-likeness (QED) is 0.469. The SMILES string of the molecule is O=C(O)c1cccc(CCCC(Cc2ccccc2)Cc2ccccc2)c1C(=O)O. The standard InChI is InChI=1S/C26H26O4/c27-25(28)23-16-8-15-22(24(23)26(29)30)14-7-13-21(17-19-9-3-1-4-10-19)18-20-11-5-2-6-12-20/h1-6,8-12,15-16,21H,7,13-14,17-18H2,(H,27,28)(H,29,30). The first-order valence-electron chi connectivity index (χ1n) is 10.2. The molecule has 0 saturated heterocycles. The molecule has 30 heavy (non-hydrogen) atoms. The Kier molecular flexibility index (Phi) is 7.39. The Labute approximate surface area is 176 Å². The molecule has 0 fully saturated rings. The third-order valence-electron chi connectivity index (χ3n) is 5.39. The number of benzene rings is 3. The van der Waals surface area contributed by atoms with Gasteiger partial charge in [0.2, 0.25) is 0 Å². The van der Waals surface area contributed by atoms with Crippen LogP contribution in [-0.4, -0.2) is 22.2 Å². The molecule has 0 bridgehead atoms. The molecule has 0 heterocycles. The van der Waals surface area contributed by atoms with Crippen LogP contribution >= 0.6 is 0 Å². The lowest BCUT2D eigenvalue weighted by Crippen LogP contribution is -2.13. The monoisotopic (exact) mass is 402 g/mol. The van der Waals surface area contributed by atoms with Gasteiger partial charge in [0.1, 0.15) is 0 Å². The number of hydrogen-bond acceptors (Lipinski definition) is 2. The number of rotatable bonds is 10. The van der Waals surface area contributed by atoms with Crippen molar-refractivity contribution in [2.24, 2.45) is 5.92 Å². The van der Waals surface area contributed by atoms with Crippen molar-refractivity contribution in [3.8, 4) is 0 Å². The zero-order valence-electron chi connectivity index (χ0n) is 16.8. The first kappa shape index (κ1) is 21.3. The van der Waals surface area contributed by atoms with Crippen LogP contribution in [-0.2, 0) is 19.3 Å². The largest absolute Gasteiger partial charge is 0.478 e. The van der Waals surface area contributed by atoms with Crippen molar-refractivity contribution in [2.45, 2.75) is 32.1 Å². The van der Waals surface area contributed by atoms with Crippen molar-refractivity contribution in [1.82, 2.24) is 0 Å². The van der Waals surface area contributed by atoms with Gasteiger partial charge in [0.15, 0.2) is 0 Å². The molecule has 0 aliphatic carbocycles. The molecule has 154 valence electrons. The maximum Gasteiger partial charge on any atom is 0.336 e. The topological polar surface area (TPSA) is 74.6 Å². The van der Waals surface area contributed by atoms with Crippen LogP contribution in [0.3, 0.4) is 0 Å². The smallest absolute Gasteiger partial charge is 0.336 e. The van der Waals surface area contributed by atoms with E-state index in [0.29, 0.717) is 17.9 Å². The summed E-state index contributed by atoms with van der Waals surface area (Å²) in [6.07, 6.45) is 4.18. The van der Waals surface area contributed by atoms with Crippen LogP contribution in [0.15, 0.2) is 78.9 Å². The molecule has 3 rings (SSSR count). The van der Waals surface area contributed by atoms with Gasteiger partial charge in [-0.05, 0) is 60.8 Å². The predicted octanol–water partition coefficient (Wildman–Crippen LogP) is 5.51. The third kappa shape index (κ3) is 5.80.